The second-order valence-corrected chi connectivity index (χ2v) is 4.25. The Hall–Kier alpha value is -2.77. The van der Waals surface area contributed by atoms with Crippen LogP contribution in [0.25, 0.3) is 0 Å². The molecule has 8 heteroatoms. The van der Waals surface area contributed by atoms with Crippen LogP contribution in [0.5, 0.6) is 11.5 Å². The average Bonchev–Trinajstić information content (AvgIpc) is 2.50. The SMILES string of the molecule is O=C(O)CNC(=O)CNC(=O)C1COc2ccccc2O1. The zero-order valence-electron chi connectivity index (χ0n) is 11.0. The highest BCUT2D eigenvalue weighted by molar-refractivity contribution is 5.88. The van der Waals surface area contributed by atoms with Crippen LogP contribution in [0, 0.1) is 0 Å². The third-order valence-corrected chi connectivity index (χ3v) is 2.66. The van der Waals surface area contributed by atoms with Gasteiger partial charge in [0.05, 0.1) is 6.54 Å². The first-order chi connectivity index (χ1) is 10.1. The van der Waals surface area contributed by atoms with Crippen LogP contribution in [0.4, 0.5) is 0 Å². The summed E-state index contributed by atoms with van der Waals surface area (Å²) in [5, 5.41) is 12.9. The monoisotopic (exact) mass is 294 g/mol. The number of hydrogen-bond donors (Lipinski definition) is 3. The molecule has 0 saturated heterocycles. The molecule has 21 heavy (non-hydrogen) atoms. The van der Waals surface area contributed by atoms with Crippen LogP contribution < -0.4 is 20.1 Å². The first-order valence-electron chi connectivity index (χ1n) is 6.21. The van der Waals surface area contributed by atoms with E-state index in [9.17, 15) is 14.4 Å². The van der Waals surface area contributed by atoms with E-state index in [-0.39, 0.29) is 13.2 Å². The van der Waals surface area contributed by atoms with Crippen LogP contribution in [-0.4, -0.2) is 48.7 Å². The van der Waals surface area contributed by atoms with E-state index in [1.807, 2.05) is 0 Å². The lowest BCUT2D eigenvalue weighted by molar-refractivity contribution is -0.138. The number of carboxylic acid groups (broad SMARTS) is 1. The molecule has 1 aromatic carbocycles. The number of carbonyl (C=O) groups is 3. The van der Waals surface area contributed by atoms with Crippen molar-refractivity contribution < 1.29 is 29.0 Å². The number of aliphatic carboxylic acids is 1. The van der Waals surface area contributed by atoms with E-state index < -0.39 is 30.4 Å². The van der Waals surface area contributed by atoms with Crippen LogP contribution in [-0.2, 0) is 14.4 Å². The fraction of sp³-hybridized carbons (Fsp3) is 0.308. The third kappa shape index (κ3) is 4.10. The van der Waals surface area contributed by atoms with Crippen molar-refractivity contribution in [2.24, 2.45) is 0 Å². The predicted octanol–water partition coefficient (Wildman–Crippen LogP) is -0.857. The summed E-state index contributed by atoms with van der Waals surface area (Å²) < 4.78 is 10.8. The molecule has 0 saturated carbocycles. The largest absolute Gasteiger partial charge is 0.485 e. The van der Waals surface area contributed by atoms with Gasteiger partial charge in [-0.15, -0.1) is 0 Å². The van der Waals surface area contributed by atoms with Gasteiger partial charge in [-0.25, -0.2) is 0 Å². The molecule has 1 atom stereocenters. The summed E-state index contributed by atoms with van der Waals surface area (Å²) in [6.45, 7) is -0.779. The maximum atomic E-state index is 11.8. The Balaban J connectivity index is 1.80. The lowest BCUT2D eigenvalue weighted by Gasteiger charge is -2.25. The second kappa shape index (κ2) is 6.60. The zero-order chi connectivity index (χ0) is 15.2. The van der Waals surface area contributed by atoms with E-state index in [1.165, 1.54) is 0 Å². The van der Waals surface area contributed by atoms with Gasteiger partial charge in [-0.2, -0.15) is 0 Å². The fourth-order valence-corrected chi connectivity index (χ4v) is 1.67. The predicted molar refractivity (Wildman–Crippen MR) is 70.0 cm³/mol. The molecule has 0 radical (unpaired) electrons. The van der Waals surface area contributed by atoms with Gasteiger partial charge in [-0.1, -0.05) is 12.1 Å². The molecule has 0 spiro atoms. The van der Waals surface area contributed by atoms with Crippen molar-refractivity contribution in [3.05, 3.63) is 24.3 Å². The van der Waals surface area contributed by atoms with E-state index in [0.717, 1.165) is 0 Å². The Morgan fingerprint density at radius 3 is 2.57 bits per heavy atom. The van der Waals surface area contributed by atoms with Crippen molar-refractivity contribution >= 4 is 17.8 Å². The summed E-state index contributed by atoms with van der Waals surface area (Å²) in [5.41, 5.74) is 0. The summed E-state index contributed by atoms with van der Waals surface area (Å²) in [7, 11) is 0. The molecule has 3 N–H and O–H groups in total. The molecule has 2 amide bonds. The molecule has 1 aliphatic heterocycles. The van der Waals surface area contributed by atoms with Gasteiger partial charge >= 0.3 is 5.97 Å². The molecule has 112 valence electrons. The lowest BCUT2D eigenvalue weighted by Crippen LogP contribution is -2.47. The standard InChI is InChI=1S/C13H14N2O6/c16-11(14-6-12(17)18)5-15-13(19)10-7-20-8-3-1-2-4-9(8)21-10/h1-4,10H,5-7H2,(H,14,16)(H,15,19)(H,17,18). The smallest absolute Gasteiger partial charge is 0.322 e. The summed E-state index contributed by atoms with van der Waals surface area (Å²) in [6.07, 6.45) is -0.854. The van der Waals surface area contributed by atoms with Gasteiger partial charge in [-0.3, -0.25) is 14.4 Å². The molecular formula is C13H14N2O6. The summed E-state index contributed by atoms with van der Waals surface area (Å²) >= 11 is 0. The quantitative estimate of drug-likeness (QED) is 0.651. The van der Waals surface area contributed by atoms with Crippen LogP contribution in [0.15, 0.2) is 24.3 Å². The number of benzene rings is 1. The van der Waals surface area contributed by atoms with Gasteiger partial charge < -0.3 is 25.2 Å². The van der Waals surface area contributed by atoms with Crippen molar-refractivity contribution in [2.75, 3.05) is 19.7 Å². The van der Waals surface area contributed by atoms with Crippen LogP contribution in [0.2, 0.25) is 0 Å². The second-order valence-electron chi connectivity index (χ2n) is 4.25. The number of amides is 2. The van der Waals surface area contributed by atoms with Crippen molar-refractivity contribution in [2.45, 2.75) is 6.10 Å². The molecule has 1 heterocycles. The minimum absolute atomic E-state index is 0.0413. The molecule has 0 bridgehead atoms. The topological polar surface area (TPSA) is 114 Å². The zero-order valence-corrected chi connectivity index (χ0v) is 11.0. The summed E-state index contributed by atoms with van der Waals surface area (Å²) in [4.78, 5) is 33.4. The molecule has 0 aromatic heterocycles. The van der Waals surface area contributed by atoms with E-state index in [0.29, 0.717) is 11.5 Å². The molecular weight excluding hydrogens is 280 g/mol. The molecule has 8 nitrogen and oxygen atoms in total. The number of rotatable bonds is 5. The highest BCUT2D eigenvalue weighted by Crippen LogP contribution is 2.30. The molecule has 1 aliphatic rings. The van der Waals surface area contributed by atoms with Crippen molar-refractivity contribution in [3.8, 4) is 11.5 Å². The maximum absolute atomic E-state index is 11.8. The highest BCUT2D eigenvalue weighted by atomic mass is 16.6. The first kappa shape index (κ1) is 14.6. The number of ether oxygens (including phenoxy) is 2. The Morgan fingerprint density at radius 1 is 1.14 bits per heavy atom. The average molecular weight is 294 g/mol. The fourth-order valence-electron chi connectivity index (χ4n) is 1.67. The molecule has 0 aliphatic carbocycles. The Morgan fingerprint density at radius 2 is 1.86 bits per heavy atom. The summed E-state index contributed by atoms with van der Waals surface area (Å²) in [5.74, 6) is -1.24. The van der Waals surface area contributed by atoms with Crippen molar-refractivity contribution in [1.29, 1.82) is 0 Å². The molecule has 1 aromatic rings. The van der Waals surface area contributed by atoms with Gasteiger partial charge in [0.25, 0.3) is 5.91 Å². The summed E-state index contributed by atoms with van der Waals surface area (Å²) in [6, 6.07) is 6.94. The minimum atomic E-state index is -1.16. The van der Waals surface area contributed by atoms with Gasteiger partial charge in [0.15, 0.2) is 11.5 Å². The molecule has 2 rings (SSSR count). The van der Waals surface area contributed by atoms with E-state index in [1.54, 1.807) is 24.3 Å². The third-order valence-electron chi connectivity index (χ3n) is 2.66. The van der Waals surface area contributed by atoms with E-state index in [2.05, 4.69) is 10.6 Å². The Labute approximate surface area is 120 Å². The molecule has 0 fully saturated rings. The van der Waals surface area contributed by atoms with Crippen LogP contribution in [0.1, 0.15) is 0 Å². The van der Waals surface area contributed by atoms with Crippen LogP contribution in [0.3, 0.4) is 0 Å². The first-order valence-corrected chi connectivity index (χ1v) is 6.21. The van der Waals surface area contributed by atoms with Gasteiger partial charge in [-0.05, 0) is 12.1 Å². The van der Waals surface area contributed by atoms with Crippen molar-refractivity contribution in [3.63, 3.8) is 0 Å². The van der Waals surface area contributed by atoms with Gasteiger partial charge in [0.2, 0.25) is 12.0 Å². The minimum Gasteiger partial charge on any atom is -0.485 e. The number of carboxylic acids is 1. The lowest BCUT2D eigenvalue weighted by atomic mass is 10.2. The van der Waals surface area contributed by atoms with E-state index in [4.69, 9.17) is 14.6 Å². The van der Waals surface area contributed by atoms with Gasteiger partial charge in [0, 0.05) is 0 Å². The van der Waals surface area contributed by atoms with Crippen LogP contribution >= 0.6 is 0 Å². The van der Waals surface area contributed by atoms with Crippen molar-refractivity contribution in [1.82, 2.24) is 10.6 Å². The van der Waals surface area contributed by atoms with Gasteiger partial charge in [0.1, 0.15) is 13.2 Å². The number of para-hydroxylation sites is 2. The number of hydrogen-bond acceptors (Lipinski definition) is 5. The number of nitrogens with one attached hydrogen (secondary N) is 2. The maximum Gasteiger partial charge on any atom is 0.322 e. The number of carbonyl (C=O) groups excluding carboxylic acids is 2. The Kier molecular flexibility index (Phi) is 4.60. The normalized spacial score (nSPS) is 15.9. The Bertz CT molecular complexity index is 559. The highest BCUT2D eigenvalue weighted by Gasteiger charge is 2.27. The number of fused-ring (bicyclic) bond motifs is 1. The molecule has 1 unspecified atom stereocenters. The van der Waals surface area contributed by atoms with E-state index >= 15 is 0 Å².